The highest BCUT2D eigenvalue weighted by Gasteiger charge is 2.06. The van der Waals surface area contributed by atoms with Gasteiger partial charge in [0.1, 0.15) is 11.6 Å². The Morgan fingerprint density at radius 3 is 2.95 bits per heavy atom. The molecule has 0 aliphatic carbocycles. The molecule has 0 saturated heterocycles. The Hall–Kier alpha value is -2.80. The molecule has 0 aliphatic rings. The van der Waals surface area contributed by atoms with Crippen molar-refractivity contribution in [3.05, 3.63) is 48.0 Å². The summed E-state index contributed by atoms with van der Waals surface area (Å²) in [6.45, 7) is 0. The minimum atomic E-state index is 0.406. The fourth-order valence-electron chi connectivity index (χ4n) is 2.17. The number of rotatable bonds is 3. The number of H-pyrrole nitrogens is 1. The van der Waals surface area contributed by atoms with Gasteiger partial charge in [0.05, 0.1) is 30.6 Å². The molecule has 1 heterocycles. The summed E-state index contributed by atoms with van der Waals surface area (Å²) >= 11 is 0. The average molecular weight is 263 g/mol. The van der Waals surface area contributed by atoms with Gasteiger partial charge >= 0.3 is 0 Å². The predicted octanol–water partition coefficient (Wildman–Crippen LogP) is 3.30. The molecule has 1 N–H and O–H groups in total. The monoisotopic (exact) mass is 263 g/mol. The van der Waals surface area contributed by atoms with Gasteiger partial charge in [-0.3, -0.25) is 0 Å². The third-order valence-corrected chi connectivity index (χ3v) is 3.17. The van der Waals surface area contributed by atoms with E-state index in [2.05, 4.69) is 16.0 Å². The van der Waals surface area contributed by atoms with Crippen molar-refractivity contribution in [3.63, 3.8) is 0 Å². The van der Waals surface area contributed by atoms with Gasteiger partial charge in [-0.15, -0.1) is 0 Å². The van der Waals surface area contributed by atoms with Gasteiger partial charge in [0.2, 0.25) is 0 Å². The number of imidazole rings is 1. The molecular weight excluding hydrogens is 250 g/mol. The highest BCUT2D eigenvalue weighted by molar-refractivity contribution is 5.80. The maximum absolute atomic E-state index is 8.74. The third kappa shape index (κ3) is 2.21. The number of ether oxygens (including phenoxy) is 1. The molecule has 98 valence electrons. The van der Waals surface area contributed by atoms with Crippen LogP contribution in [0.15, 0.2) is 42.5 Å². The van der Waals surface area contributed by atoms with E-state index in [1.807, 2.05) is 42.5 Å². The standard InChI is InChI=1S/C16H13N3O/c1-20-13-4-2-3-12(10-13)16-18-14-6-5-11(7-8-17)9-15(14)19-16/h2-6,9-10H,7H2,1H3,(H,18,19). The molecule has 1 aromatic heterocycles. The first-order valence-corrected chi connectivity index (χ1v) is 6.30. The maximum atomic E-state index is 8.74. The fraction of sp³-hybridized carbons (Fsp3) is 0.125. The van der Waals surface area contributed by atoms with E-state index in [0.717, 1.165) is 33.7 Å². The van der Waals surface area contributed by atoms with E-state index in [1.54, 1.807) is 7.11 Å². The van der Waals surface area contributed by atoms with Crippen molar-refractivity contribution in [1.29, 1.82) is 5.26 Å². The van der Waals surface area contributed by atoms with Crippen LogP contribution in [-0.4, -0.2) is 17.1 Å². The highest BCUT2D eigenvalue weighted by Crippen LogP contribution is 2.24. The van der Waals surface area contributed by atoms with Crippen LogP contribution in [0.3, 0.4) is 0 Å². The first-order valence-electron chi connectivity index (χ1n) is 6.30. The van der Waals surface area contributed by atoms with Gasteiger partial charge in [0, 0.05) is 5.56 Å². The number of nitriles is 1. The van der Waals surface area contributed by atoms with Crippen LogP contribution in [0.4, 0.5) is 0 Å². The van der Waals surface area contributed by atoms with E-state index in [9.17, 15) is 0 Å². The Morgan fingerprint density at radius 2 is 2.15 bits per heavy atom. The largest absolute Gasteiger partial charge is 0.497 e. The summed E-state index contributed by atoms with van der Waals surface area (Å²) in [5.74, 6) is 1.60. The van der Waals surface area contributed by atoms with Crippen LogP contribution < -0.4 is 4.74 Å². The molecule has 0 bridgehead atoms. The molecule has 0 radical (unpaired) electrons. The number of benzene rings is 2. The SMILES string of the molecule is COc1cccc(-c2nc3ccc(CC#N)cc3[nH]2)c1. The second-order valence-electron chi connectivity index (χ2n) is 4.50. The Balaban J connectivity index is 2.06. The second-order valence-corrected chi connectivity index (χ2v) is 4.50. The van der Waals surface area contributed by atoms with Crippen molar-refractivity contribution in [2.24, 2.45) is 0 Å². The van der Waals surface area contributed by atoms with Gasteiger partial charge in [-0.2, -0.15) is 5.26 Å². The molecule has 0 amide bonds. The van der Waals surface area contributed by atoms with E-state index in [0.29, 0.717) is 6.42 Å². The van der Waals surface area contributed by atoms with Crippen LogP contribution in [0.2, 0.25) is 0 Å². The number of nitrogens with one attached hydrogen (secondary N) is 1. The Bertz CT molecular complexity index is 799. The Labute approximate surface area is 116 Å². The van der Waals surface area contributed by atoms with Crippen LogP contribution in [0, 0.1) is 11.3 Å². The number of fused-ring (bicyclic) bond motifs is 1. The van der Waals surface area contributed by atoms with Crippen molar-refractivity contribution in [3.8, 4) is 23.2 Å². The molecule has 0 aliphatic heterocycles. The van der Waals surface area contributed by atoms with E-state index >= 15 is 0 Å². The predicted molar refractivity (Wildman–Crippen MR) is 77.4 cm³/mol. The molecular formula is C16H13N3O. The lowest BCUT2D eigenvalue weighted by atomic mass is 10.1. The lowest BCUT2D eigenvalue weighted by Crippen LogP contribution is -1.84. The van der Waals surface area contributed by atoms with Crippen LogP contribution in [-0.2, 0) is 6.42 Å². The average Bonchev–Trinajstić information content (AvgIpc) is 2.91. The fourth-order valence-corrected chi connectivity index (χ4v) is 2.17. The van der Waals surface area contributed by atoms with E-state index in [-0.39, 0.29) is 0 Å². The second kappa shape index (κ2) is 5.06. The Kier molecular flexibility index (Phi) is 3.10. The van der Waals surface area contributed by atoms with Crippen molar-refractivity contribution >= 4 is 11.0 Å². The summed E-state index contributed by atoms with van der Waals surface area (Å²) in [6, 6.07) is 15.7. The van der Waals surface area contributed by atoms with Gasteiger partial charge in [-0.05, 0) is 29.8 Å². The van der Waals surface area contributed by atoms with Gasteiger partial charge in [-0.25, -0.2) is 4.98 Å². The maximum Gasteiger partial charge on any atom is 0.138 e. The molecule has 0 saturated carbocycles. The smallest absolute Gasteiger partial charge is 0.138 e. The summed E-state index contributed by atoms with van der Waals surface area (Å²) in [5, 5.41) is 8.74. The zero-order valence-electron chi connectivity index (χ0n) is 11.1. The topological polar surface area (TPSA) is 61.7 Å². The van der Waals surface area contributed by atoms with E-state index in [4.69, 9.17) is 10.00 Å². The quantitative estimate of drug-likeness (QED) is 0.788. The summed E-state index contributed by atoms with van der Waals surface area (Å²) in [4.78, 5) is 7.85. The minimum absolute atomic E-state index is 0.406. The molecule has 4 nitrogen and oxygen atoms in total. The molecule has 0 fully saturated rings. The van der Waals surface area contributed by atoms with Gasteiger partial charge < -0.3 is 9.72 Å². The van der Waals surface area contributed by atoms with Crippen molar-refractivity contribution in [2.45, 2.75) is 6.42 Å². The molecule has 3 rings (SSSR count). The first-order chi connectivity index (χ1) is 9.80. The van der Waals surface area contributed by atoms with Gasteiger partial charge in [0.15, 0.2) is 0 Å². The first kappa shape index (κ1) is 12.2. The number of hydrogen-bond donors (Lipinski definition) is 1. The van der Waals surface area contributed by atoms with Gasteiger partial charge in [0.25, 0.3) is 0 Å². The van der Waals surface area contributed by atoms with Crippen molar-refractivity contribution in [1.82, 2.24) is 9.97 Å². The highest BCUT2D eigenvalue weighted by atomic mass is 16.5. The number of aromatic amines is 1. The molecule has 0 unspecified atom stereocenters. The van der Waals surface area contributed by atoms with Crippen LogP contribution in [0.1, 0.15) is 5.56 Å². The van der Waals surface area contributed by atoms with Crippen LogP contribution >= 0.6 is 0 Å². The zero-order valence-corrected chi connectivity index (χ0v) is 11.1. The number of methoxy groups -OCH3 is 1. The van der Waals surface area contributed by atoms with Crippen LogP contribution in [0.25, 0.3) is 22.4 Å². The molecule has 0 atom stereocenters. The van der Waals surface area contributed by atoms with Gasteiger partial charge in [-0.1, -0.05) is 18.2 Å². The van der Waals surface area contributed by atoms with E-state index < -0.39 is 0 Å². The normalized spacial score (nSPS) is 10.4. The van der Waals surface area contributed by atoms with E-state index in [1.165, 1.54) is 0 Å². The van der Waals surface area contributed by atoms with Crippen LogP contribution in [0.5, 0.6) is 5.75 Å². The zero-order chi connectivity index (χ0) is 13.9. The molecule has 2 aromatic carbocycles. The molecule has 4 heteroatoms. The summed E-state index contributed by atoms with van der Waals surface area (Å²) in [5.41, 5.74) is 3.79. The number of hydrogen-bond acceptors (Lipinski definition) is 3. The van der Waals surface area contributed by atoms with Crippen molar-refractivity contribution in [2.75, 3.05) is 7.11 Å². The molecule has 0 spiro atoms. The summed E-state index contributed by atoms with van der Waals surface area (Å²) in [7, 11) is 1.64. The lowest BCUT2D eigenvalue weighted by Gasteiger charge is -2.01. The Morgan fingerprint density at radius 1 is 1.25 bits per heavy atom. The number of nitrogens with zero attached hydrogens (tertiary/aromatic N) is 2. The number of aromatic nitrogens is 2. The lowest BCUT2D eigenvalue weighted by molar-refractivity contribution is 0.415. The third-order valence-electron chi connectivity index (χ3n) is 3.17. The molecule has 20 heavy (non-hydrogen) atoms. The summed E-state index contributed by atoms with van der Waals surface area (Å²) in [6.07, 6.45) is 0.406. The summed E-state index contributed by atoms with van der Waals surface area (Å²) < 4.78 is 5.22. The minimum Gasteiger partial charge on any atom is -0.497 e. The van der Waals surface area contributed by atoms with Crippen molar-refractivity contribution < 1.29 is 4.74 Å². The molecule has 3 aromatic rings.